The summed E-state index contributed by atoms with van der Waals surface area (Å²) in [5.74, 6) is 0. The first kappa shape index (κ1) is 11.3. The molecule has 1 aromatic heterocycles. The van der Waals surface area contributed by atoms with E-state index < -0.39 is 0 Å². The Balaban J connectivity index is 2.12. The summed E-state index contributed by atoms with van der Waals surface area (Å²) < 4.78 is 0. The zero-order valence-electron chi connectivity index (χ0n) is 10.0. The molecule has 0 fully saturated rings. The summed E-state index contributed by atoms with van der Waals surface area (Å²) in [5.41, 5.74) is 3.21. The molecule has 17 heavy (non-hydrogen) atoms. The molecule has 3 heteroatoms. The van der Waals surface area contributed by atoms with Crippen molar-refractivity contribution in [1.82, 2.24) is 10.2 Å². The molecule has 1 aromatic carbocycles. The molecule has 0 bridgehead atoms. The summed E-state index contributed by atoms with van der Waals surface area (Å²) in [6.07, 6.45) is 5.66. The summed E-state index contributed by atoms with van der Waals surface area (Å²) in [6, 6.07) is 12.2. The van der Waals surface area contributed by atoms with Crippen molar-refractivity contribution < 1.29 is 0 Å². The smallest absolute Gasteiger partial charge is 0.0857 e. The van der Waals surface area contributed by atoms with E-state index in [2.05, 4.69) is 39.4 Å². The standard InChI is InChI=1S/C14H15N3/c1-17(2)14-9-6-12(7-10-14)5-8-13-4-3-11-15-16-13/h3-11H,1-2H3. The molecule has 2 aromatic rings. The Kier molecular flexibility index (Phi) is 3.50. The van der Waals surface area contributed by atoms with E-state index in [9.17, 15) is 0 Å². The Morgan fingerprint density at radius 1 is 1.00 bits per heavy atom. The summed E-state index contributed by atoms with van der Waals surface area (Å²) >= 11 is 0. The van der Waals surface area contributed by atoms with Gasteiger partial charge in [0.05, 0.1) is 5.69 Å². The van der Waals surface area contributed by atoms with Gasteiger partial charge in [0, 0.05) is 26.0 Å². The predicted molar refractivity (Wildman–Crippen MR) is 71.7 cm³/mol. The van der Waals surface area contributed by atoms with Gasteiger partial charge >= 0.3 is 0 Å². The van der Waals surface area contributed by atoms with E-state index in [1.165, 1.54) is 5.69 Å². The minimum Gasteiger partial charge on any atom is -0.378 e. The molecule has 0 aliphatic rings. The fraction of sp³-hybridized carbons (Fsp3) is 0.143. The Morgan fingerprint density at radius 3 is 2.35 bits per heavy atom. The van der Waals surface area contributed by atoms with Crippen molar-refractivity contribution in [2.45, 2.75) is 0 Å². The molecule has 0 radical (unpaired) electrons. The second-order valence-corrected chi connectivity index (χ2v) is 3.97. The number of anilines is 1. The lowest BCUT2D eigenvalue weighted by Crippen LogP contribution is -2.07. The molecular formula is C14H15N3. The van der Waals surface area contributed by atoms with Crippen molar-refractivity contribution >= 4 is 17.8 Å². The van der Waals surface area contributed by atoms with E-state index in [1.807, 2.05) is 38.4 Å². The van der Waals surface area contributed by atoms with Crippen LogP contribution in [-0.2, 0) is 0 Å². The van der Waals surface area contributed by atoms with Crippen LogP contribution in [-0.4, -0.2) is 24.3 Å². The van der Waals surface area contributed by atoms with Crippen LogP contribution in [0.2, 0.25) is 0 Å². The first-order valence-corrected chi connectivity index (χ1v) is 5.49. The first-order chi connectivity index (χ1) is 8.25. The lowest BCUT2D eigenvalue weighted by molar-refractivity contribution is 1.02. The van der Waals surface area contributed by atoms with Crippen molar-refractivity contribution in [3.63, 3.8) is 0 Å². The maximum atomic E-state index is 3.99. The summed E-state index contributed by atoms with van der Waals surface area (Å²) in [4.78, 5) is 2.08. The minimum atomic E-state index is 0.865. The second-order valence-electron chi connectivity index (χ2n) is 3.97. The molecule has 3 nitrogen and oxygen atoms in total. The van der Waals surface area contributed by atoms with E-state index in [0.29, 0.717) is 0 Å². The average Bonchev–Trinajstić information content (AvgIpc) is 2.38. The van der Waals surface area contributed by atoms with Gasteiger partial charge in [-0.15, -0.1) is 0 Å². The SMILES string of the molecule is CN(C)c1ccc(C=Cc2cccnn2)cc1. The molecule has 0 spiro atoms. The third kappa shape index (κ3) is 3.14. The van der Waals surface area contributed by atoms with Gasteiger partial charge in [-0.25, -0.2) is 0 Å². The van der Waals surface area contributed by atoms with Gasteiger partial charge in [-0.2, -0.15) is 10.2 Å². The Hall–Kier alpha value is -2.16. The van der Waals surface area contributed by atoms with Crippen LogP contribution in [0, 0.1) is 0 Å². The van der Waals surface area contributed by atoms with E-state index in [4.69, 9.17) is 0 Å². The summed E-state index contributed by atoms with van der Waals surface area (Å²) in [6.45, 7) is 0. The predicted octanol–water partition coefficient (Wildman–Crippen LogP) is 2.71. The van der Waals surface area contributed by atoms with Crippen molar-refractivity contribution in [3.05, 3.63) is 53.9 Å². The molecule has 86 valence electrons. The molecule has 0 atom stereocenters. The van der Waals surface area contributed by atoms with Crippen LogP contribution < -0.4 is 4.90 Å². The van der Waals surface area contributed by atoms with Gasteiger partial charge in [0.25, 0.3) is 0 Å². The summed E-state index contributed by atoms with van der Waals surface area (Å²) in [5, 5.41) is 7.82. The zero-order chi connectivity index (χ0) is 12.1. The highest BCUT2D eigenvalue weighted by Crippen LogP contribution is 2.13. The van der Waals surface area contributed by atoms with E-state index in [1.54, 1.807) is 6.20 Å². The topological polar surface area (TPSA) is 29.0 Å². The van der Waals surface area contributed by atoms with Gasteiger partial charge in [-0.1, -0.05) is 18.2 Å². The van der Waals surface area contributed by atoms with Crippen molar-refractivity contribution in [1.29, 1.82) is 0 Å². The Morgan fingerprint density at radius 2 is 1.76 bits per heavy atom. The third-order valence-corrected chi connectivity index (χ3v) is 2.45. The Labute approximate surface area is 101 Å². The fourth-order valence-corrected chi connectivity index (χ4v) is 1.47. The lowest BCUT2D eigenvalue weighted by Gasteiger charge is -2.11. The van der Waals surface area contributed by atoms with Gasteiger partial charge < -0.3 is 4.90 Å². The molecular weight excluding hydrogens is 210 g/mol. The van der Waals surface area contributed by atoms with Crippen LogP contribution in [0.4, 0.5) is 5.69 Å². The van der Waals surface area contributed by atoms with Crippen LogP contribution in [0.3, 0.4) is 0 Å². The molecule has 0 N–H and O–H groups in total. The van der Waals surface area contributed by atoms with Gasteiger partial charge in [-0.3, -0.25) is 0 Å². The molecule has 0 aliphatic carbocycles. The van der Waals surface area contributed by atoms with Crippen LogP contribution in [0.1, 0.15) is 11.3 Å². The molecule has 2 rings (SSSR count). The van der Waals surface area contributed by atoms with Gasteiger partial charge in [0.1, 0.15) is 0 Å². The van der Waals surface area contributed by atoms with E-state index in [-0.39, 0.29) is 0 Å². The minimum absolute atomic E-state index is 0.865. The van der Waals surface area contributed by atoms with Crippen LogP contribution >= 0.6 is 0 Å². The number of nitrogens with zero attached hydrogens (tertiary/aromatic N) is 3. The quantitative estimate of drug-likeness (QED) is 0.804. The Bertz CT molecular complexity index is 487. The van der Waals surface area contributed by atoms with Crippen molar-refractivity contribution in [2.24, 2.45) is 0 Å². The van der Waals surface area contributed by atoms with Crippen LogP contribution in [0.25, 0.3) is 12.2 Å². The molecule has 1 heterocycles. The zero-order valence-corrected chi connectivity index (χ0v) is 10.0. The van der Waals surface area contributed by atoms with Crippen LogP contribution in [0.15, 0.2) is 42.6 Å². The molecule has 0 saturated carbocycles. The number of hydrogen-bond donors (Lipinski definition) is 0. The fourth-order valence-electron chi connectivity index (χ4n) is 1.47. The van der Waals surface area contributed by atoms with Gasteiger partial charge in [0.15, 0.2) is 0 Å². The van der Waals surface area contributed by atoms with Gasteiger partial charge in [-0.05, 0) is 35.9 Å². The first-order valence-electron chi connectivity index (χ1n) is 5.49. The number of hydrogen-bond acceptors (Lipinski definition) is 3. The highest BCUT2D eigenvalue weighted by Gasteiger charge is 1.93. The highest BCUT2D eigenvalue weighted by atomic mass is 15.1. The van der Waals surface area contributed by atoms with Crippen molar-refractivity contribution in [2.75, 3.05) is 19.0 Å². The van der Waals surface area contributed by atoms with Crippen molar-refractivity contribution in [3.8, 4) is 0 Å². The molecule has 0 aliphatic heterocycles. The molecule has 0 amide bonds. The number of benzene rings is 1. The molecule has 0 saturated heterocycles. The van der Waals surface area contributed by atoms with Crippen LogP contribution in [0.5, 0.6) is 0 Å². The van der Waals surface area contributed by atoms with E-state index in [0.717, 1.165) is 11.3 Å². The maximum absolute atomic E-state index is 3.99. The van der Waals surface area contributed by atoms with E-state index >= 15 is 0 Å². The van der Waals surface area contributed by atoms with Gasteiger partial charge in [0.2, 0.25) is 0 Å². The monoisotopic (exact) mass is 225 g/mol. The lowest BCUT2D eigenvalue weighted by atomic mass is 10.2. The summed E-state index contributed by atoms with van der Waals surface area (Å²) in [7, 11) is 4.06. The number of aromatic nitrogens is 2. The third-order valence-electron chi connectivity index (χ3n) is 2.45. The highest BCUT2D eigenvalue weighted by molar-refractivity contribution is 5.68. The normalized spacial score (nSPS) is 10.7. The number of rotatable bonds is 3. The average molecular weight is 225 g/mol. The maximum Gasteiger partial charge on any atom is 0.0857 e. The largest absolute Gasteiger partial charge is 0.378 e. The molecule has 0 unspecified atom stereocenters. The second kappa shape index (κ2) is 5.25.